The number of aromatic nitrogens is 2. The molecule has 12 aromatic rings. The van der Waals surface area contributed by atoms with Gasteiger partial charge in [0.1, 0.15) is 42.6 Å². The third-order valence-electron chi connectivity index (χ3n) is 19.7. The fourth-order valence-corrected chi connectivity index (χ4v) is 19.7. The van der Waals surface area contributed by atoms with E-state index in [2.05, 4.69) is 5.10 Å². The lowest BCUT2D eigenvalue weighted by Gasteiger charge is -2.17. The zero-order chi connectivity index (χ0) is 97.0. The third-order valence-corrected chi connectivity index (χ3v) is 26.4. The molecule has 0 spiro atoms. The summed E-state index contributed by atoms with van der Waals surface area (Å²) in [5, 5.41) is 50.2. The second-order valence-electron chi connectivity index (χ2n) is 29.4. The number of rotatable bonds is 26. The van der Waals surface area contributed by atoms with Gasteiger partial charge in [0.2, 0.25) is 0 Å². The van der Waals surface area contributed by atoms with E-state index < -0.39 is 153 Å². The minimum atomic E-state index is -4.72. The monoisotopic (exact) mass is 1900 g/mol. The van der Waals surface area contributed by atoms with Crippen molar-refractivity contribution in [2.45, 2.75) is 102 Å². The number of carbonyl (C=O) groups is 4. The number of methoxy groups -OCH3 is 4. The van der Waals surface area contributed by atoms with Gasteiger partial charge in [0.25, 0.3) is 0 Å². The van der Waals surface area contributed by atoms with Gasteiger partial charge in [-0.3, -0.25) is 4.68 Å². The average Bonchev–Trinajstić information content (AvgIpc) is 1.73. The molecule has 0 fully saturated rings. The lowest BCUT2D eigenvalue weighted by Crippen LogP contribution is -2.13. The van der Waals surface area contributed by atoms with Crippen LogP contribution in [-0.4, -0.2) is 116 Å². The standard InChI is InChI=1S/C23H23F3N2O5S.C23H16F3NO5S.2C23H19F3O5S/c1-14(2)12-28-19(8-9-27-28)18-6-5-17(23(24,25)26)10-16(18)13-34(31,32)21-11-15(22(29)30)4-7-20(21)33-3;1-32-20-8-5-16(22(28)29)11-21(20)33(30,31)13-17-10-18(23(24,25)26)6-7-19(17)15-4-2-3-14(9-15)12-27;1-14-4-3-5-15(10-14)19-8-7-18(23(24,25)26)11-17(19)13-32(29,30)21-12-16(22(27)28)6-9-20(21)31-2;1-14-5-3-4-6-18(14)19-9-8-17(23(24,25)26)11-16(19)13-32(29,30)21-12-15(22(27)28)7-10-20(21)31-2/h4-11,14H,12-13H2,1-3H3,(H,29,30);2-11H,13H2,1H3,(H,28,29);2*3-12H,13H2,1-2H3,(H,27,28). The van der Waals surface area contributed by atoms with Crippen molar-refractivity contribution in [1.82, 2.24) is 9.78 Å². The van der Waals surface area contributed by atoms with E-state index in [0.29, 0.717) is 40.1 Å². The van der Waals surface area contributed by atoms with Crippen LogP contribution in [0.2, 0.25) is 0 Å². The first-order chi connectivity index (χ1) is 61.1. The average molecular weight is 1900 g/mol. The number of alkyl halides is 12. The lowest BCUT2D eigenvalue weighted by atomic mass is 9.95. The number of halogens is 12. The molecule has 0 saturated carbocycles. The van der Waals surface area contributed by atoms with Crippen molar-refractivity contribution in [2.24, 2.45) is 5.92 Å². The van der Waals surface area contributed by atoms with Gasteiger partial charge in [0.15, 0.2) is 39.3 Å². The van der Waals surface area contributed by atoms with E-state index in [0.717, 1.165) is 96.1 Å². The minimum Gasteiger partial charge on any atom is -0.495 e. The molecule has 39 heteroatoms. The molecule has 0 aliphatic rings. The second kappa shape index (κ2) is 40.9. The van der Waals surface area contributed by atoms with Crippen molar-refractivity contribution in [3.63, 3.8) is 0 Å². The van der Waals surface area contributed by atoms with Gasteiger partial charge in [-0.1, -0.05) is 104 Å². The number of carboxylic acid groups (broad SMARTS) is 4. The number of aromatic carboxylic acids is 4. The number of benzene rings is 11. The molecule has 1 aromatic heterocycles. The van der Waals surface area contributed by atoms with Crippen LogP contribution in [0.1, 0.15) is 116 Å². The highest BCUT2D eigenvalue weighted by Gasteiger charge is 2.38. The Morgan fingerprint density at radius 1 is 0.374 bits per heavy atom. The largest absolute Gasteiger partial charge is 0.495 e. The van der Waals surface area contributed by atoms with Crippen molar-refractivity contribution in [3.05, 3.63) is 314 Å². The van der Waals surface area contributed by atoms with Gasteiger partial charge in [-0.25, -0.2) is 52.8 Å². The zero-order valence-corrected chi connectivity index (χ0v) is 73.1. The smallest absolute Gasteiger partial charge is 0.416 e. The molecule has 0 unspecified atom stereocenters. The predicted molar refractivity (Wildman–Crippen MR) is 456 cm³/mol. The molecule has 0 radical (unpaired) electrons. The van der Waals surface area contributed by atoms with Gasteiger partial charge < -0.3 is 39.4 Å². The molecule has 4 N–H and O–H groups in total. The number of sulfone groups is 4. The van der Waals surface area contributed by atoms with Crippen LogP contribution in [0.3, 0.4) is 0 Å². The molecule has 0 saturated heterocycles. The van der Waals surface area contributed by atoms with Crippen LogP contribution < -0.4 is 18.9 Å². The highest BCUT2D eigenvalue weighted by Crippen LogP contribution is 2.43. The van der Waals surface area contributed by atoms with Crippen LogP contribution in [0.5, 0.6) is 23.0 Å². The quantitative estimate of drug-likeness (QED) is 0.0366. The van der Waals surface area contributed by atoms with E-state index in [1.165, 1.54) is 113 Å². The topological polar surface area (TPSA) is 364 Å². The number of carboxylic acids is 4. The summed E-state index contributed by atoms with van der Waals surface area (Å²) in [4.78, 5) is 43.6. The van der Waals surface area contributed by atoms with Crippen molar-refractivity contribution in [3.8, 4) is 73.7 Å². The van der Waals surface area contributed by atoms with E-state index in [4.69, 9.17) is 24.2 Å². The summed E-state index contributed by atoms with van der Waals surface area (Å²) in [7, 11) is -12.3. The molecule has 11 aromatic carbocycles. The highest BCUT2D eigenvalue weighted by atomic mass is 32.2. The van der Waals surface area contributed by atoms with Gasteiger partial charge in [-0.2, -0.15) is 63.0 Å². The van der Waals surface area contributed by atoms with Crippen LogP contribution in [0.15, 0.2) is 250 Å². The Labute approximate surface area is 742 Å². The predicted octanol–water partition coefficient (Wildman–Crippen LogP) is 20.6. The Balaban J connectivity index is 0.000000197. The van der Waals surface area contributed by atoms with Crippen molar-refractivity contribution in [1.29, 1.82) is 5.26 Å². The van der Waals surface area contributed by atoms with Gasteiger partial charge >= 0.3 is 48.6 Å². The number of hydrogen-bond acceptors (Lipinski definition) is 18. The molecule has 0 atom stereocenters. The Kier molecular flexibility index (Phi) is 31.5. The minimum absolute atomic E-state index is 0.0584. The SMILES string of the molecule is COc1ccc(C(=O)O)cc1S(=O)(=O)Cc1cc(C(F)(F)F)ccc1-c1cccc(C#N)c1.COc1ccc(C(=O)O)cc1S(=O)(=O)Cc1cc(C(F)(F)F)ccc1-c1cccc(C)c1.COc1ccc(C(=O)O)cc1S(=O)(=O)Cc1cc(C(F)(F)F)ccc1-c1ccccc1C.COc1ccc(C(=O)O)cc1S(=O)(=O)Cc1cc(C(F)(F)F)ccc1-c1ccnn1CC(C)C. The number of nitriles is 1. The molecular weight excluding hydrogens is 1820 g/mol. The van der Waals surface area contributed by atoms with Crippen LogP contribution in [0.25, 0.3) is 44.6 Å². The van der Waals surface area contributed by atoms with Crippen LogP contribution in [0, 0.1) is 31.1 Å². The second-order valence-corrected chi connectivity index (χ2v) is 37.2. The van der Waals surface area contributed by atoms with E-state index in [-0.39, 0.29) is 90.1 Å². The molecule has 0 aliphatic carbocycles. The Morgan fingerprint density at radius 3 is 1.00 bits per heavy atom. The summed E-state index contributed by atoms with van der Waals surface area (Å²) < 4.78 is 288. The van der Waals surface area contributed by atoms with Crippen molar-refractivity contribution >= 4 is 63.2 Å². The molecule has 131 heavy (non-hydrogen) atoms. The number of hydrogen-bond donors (Lipinski definition) is 4. The summed E-state index contributed by atoms with van der Waals surface area (Å²) in [6.07, 6.45) is -17.2. The summed E-state index contributed by atoms with van der Waals surface area (Å²) in [5.74, 6) is -8.89. The Morgan fingerprint density at radius 2 is 0.687 bits per heavy atom. The van der Waals surface area contributed by atoms with E-state index in [1.54, 1.807) is 66.2 Å². The number of ether oxygens (including phenoxy) is 4. The summed E-state index contributed by atoms with van der Waals surface area (Å²) in [5.41, 5.74) is -0.564. The summed E-state index contributed by atoms with van der Waals surface area (Å²) in [6, 6.07) is 48.2. The van der Waals surface area contributed by atoms with Crippen LogP contribution in [-0.2, 0) is 93.6 Å². The van der Waals surface area contributed by atoms with Crippen molar-refractivity contribution < 1.29 is 145 Å². The van der Waals surface area contributed by atoms with E-state index in [9.17, 15) is 126 Å². The van der Waals surface area contributed by atoms with Gasteiger partial charge in [0.05, 0.1) is 113 Å². The molecule has 23 nitrogen and oxygen atoms in total. The fourth-order valence-electron chi connectivity index (χ4n) is 13.5. The molecule has 0 amide bonds. The van der Waals surface area contributed by atoms with E-state index >= 15 is 0 Å². The van der Waals surface area contributed by atoms with Gasteiger partial charge in [0, 0.05) is 18.3 Å². The van der Waals surface area contributed by atoms with Gasteiger partial charge in [-0.05, 0) is 220 Å². The number of aryl methyl sites for hydroxylation is 2. The third kappa shape index (κ3) is 25.2. The zero-order valence-electron chi connectivity index (χ0n) is 69.9. The maximum absolute atomic E-state index is 13.5. The molecule has 688 valence electrons. The summed E-state index contributed by atoms with van der Waals surface area (Å²) >= 11 is 0. The first-order valence-electron chi connectivity index (χ1n) is 38.2. The Bertz CT molecular complexity index is 6890. The fraction of sp³-hybridized carbons (Fsp3) is 0.196. The maximum atomic E-state index is 13.5. The van der Waals surface area contributed by atoms with Crippen molar-refractivity contribution in [2.75, 3.05) is 28.4 Å². The normalized spacial score (nSPS) is 11.9. The molecule has 0 aliphatic heterocycles. The Hall–Kier alpha value is -13.8. The molecule has 1 heterocycles. The first kappa shape index (κ1) is 101. The molecule has 12 rings (SSSR count). The van der Waals surface area contributed by atoms with Crippen LogP contribution in [0.4, 0.5) is 52.7 Å². The lowest BCUT2D eigenvalue weighted by molar-refractivity contribution is -0.138. The van der Waals surface area contributed by atoms with Gasteiger partial charge in [-0.15, -0.1) is 0 Å². The highest BCUT2D eigenvalue weighted by molar-refractivity contribution is 7.91. The number of nitrogens with zero attached hydrogens (tertiary/aromatic N) is 3. The molecular formula is C92H77F12N3O20S4. The summed E-state index contributed by atoms with van der Waals surface area (Å²) in [6.45, 7) is 7.96. The molecule has 0 bridgehead atoms. The van der Waals surface area contributed by atoms with Crippen LogP contribution >= 0.6 is 0 Å². The first-order valence-corrected chi connectivity index (χ1v) is 44.8. The van der Waals surface area contributed by atoms with E-state index in [1.807, 2.05) is 32.9 Å². The maximum Gasteiger partial charge on any atom is 0.416 e.